The fourth-order valence-electron chi connectivity index (χ4n) is 2.39. The van der Waals surface area contributed by atoms with E-state index in [9.17, 15) is 4.79 Å². The Labute approximate surface area is 151 Å². The number of benzene rings is 1. The van der Waals surface area contributed by atoms with Crippen molar-refractivity contribution in [1.29, 1.82) is 0 Å². The predicted octanol–water partition coefficient (Wildman–Crippen LogP) is 1.86. The normalized spacial score (nSPS) is 10.9. The first-order chi connectivity index (χ1) is 12.6. The highest BCUT2D eigenvalue weighted by Crippen LogP contribution is 2.30. The quantitative estimate of drug-likeness (QED) is 0.465. The fourth-order valence-corrected chi connectivity index (χ4v) is 2.39. The van der Waals surface area contributed by atoms with Gasteiger partial charge in [-0.15, -0.1) is 0 Å². The van der Waals surface area contributed by atoms with Crippen LogP contribution in [0.15, 0.2) is 28.1 Å². The van der Waals surface area contributed by atoms with Crippen LogP contribution < -0.4 is 20.5 Å². The first kappa shape index (κ1) is 19.5. The number of methoxy groups -OCH3 is 1. The highest BCUT2D eigenvalue weighted by Gasteiger charge is 2.09. The fraction of sp³-hybridized carbons (Fsp3) is 0.389. The highest BCUT2D eigenvalue weighted by atomic mass is 16.5. The Hall–Kier alpha value is -2.87. The van der Waals surface area contributed by atoms with E-state index in [4.69, 9.17) is 14.6 Å². The second-order valence-electron chi connectivity index (χ2n) is 5.55. The van der Waals surface area contributed by atoms with Crippen LogP contribution in [-0.4, -0.2) is 41.6 Å². The van der Waals surface area contributed by atoms with Crippen LogP contribution in [0.25, 0.3) is 0 Å². The zero-order chi connectivity index (χ0) is 18.9. The summed E-state index contributed by atoms with van der Waals surface area (Å²) in [5.74, 6) is 1.46. The molecule has 8 nitrogen and oxygen atoms in total. The minimum absolute atomic E-state index is 0.104. The summed E-state index contributed by atoms with van der Waals surface area (Å²) in [6, 6.07) is 5.51. The van der Waals surface area contributed by atoms with E-state index in [1.807, 2.05) is 25.1 Å². The zero-order valence-corrected chi connectivity index (χ0v) is 15.2. The molecule has 0 bridgehead atoms. The molecule has 0 amide bonds. The summed E-state index contributed by atoms with van der Waals surface area (Å²) in [7, 11) is 1.58. The van der Waals surface area contributed by atoms with Crippen LogP contribution in [0.1, 0.15) is 30.2 Å². The molecule has 8 heteroatoms. The molecule has 3 N–H and O–H groups in total. The minimum Gasteiger partial charge on any atom is -0.493 e. The highest BCUT2D eigenvalue weighted by molar-refractivity contribution is 5.85. The first-order valence-corrected chi connectivity index (χ1v) is 8.40. The number of rotatable bonds is 9. The van der Waals surface area contributed by atoms with Crippen molar-refractivity contribution in [3.63, 3.8) is 0 Å². The number of aromatic nitrogens is 2. The van der Waals surface area contributed by atoms with Crippen LogP contribution in [0.5, 0.6) is 11.5 Å². The number of nitrogens with one attached hydrogen (secondary N) is 2. The molecule has 0 saturated carbocycles. The summed E-state index contributed by atoms with van der Waals surface area (Å²) < 4.78 is 11.1. The Balaban J connectivity index is 2.19. The second-order valence-corrected chi connectivity index (χ2v) is 5.55. The maximum absolute atomic E-state index is 12.0. The number of anilines is 1. The average molecular weight is 360 g/mol. The van der Waals surface area contributed by atoms with Crippen molar-refractivity contribution in [2.45, 2.75) is 26.7 Å². The minimum atomic E-state index is -0.294. The van der Waals surface area contributed by atoms with E-state index in [1.54, 1.807) is 20.2 Å². The molecule has 26 heavy (non-hydrogen) atoms. The Morgan fingerprint density at radius 1 is 1.42 bits per heavy atom. The molecule has 2 aromatic rings. The number of H-pyrrole nitrogens is 1. The van der Waals surface area contributed by atoms with Gasteiger partial charge in [0.2, 0.25) is 5.95 Å². The molecule has 0 aliphatic carbocycles. The molecule has 1 aromatic carbocycles. The van der Waals surface area contributed by atoms with E-state index in [0.29, 0.717) is 29.4 Å². The number of aliphatic hydroxyl groups is 1. The van der Waals surface area contributed by atoms with Gasteiger partial charge in [0.1, 0.15) is 0 Å². The number of ether oxygens (including phenoxy) is 2. The zero-order valence-electron chi connectivity index (χ0n) is 15.2. The molecule has 0 radical (unpaired) electrons. The maximum Gasteiger partial charge on any atom is 0.255 e. The van der Waals surface area contributed by atoms with Crippen molar-refractivity contribution in [2.24, 2.45) is 5.10 Å². The van der Waals surface area contributed by atoms with Gasteiger partial charge in [0.15, 0.2) is 11.5 Å². The van der Waals surface area contributed by atoms with E-state index >= 15 is 0 Å². The monoisotopic (exact) mass is 360 g/mol. The van der Waals surface area contributed by atoms with Gasteiger partial charge in [0.25, 0.3) is 5.56 Å². The summed E-state index contributed by atoms with van der Waals surface area (Å²) in [5, 5.41) is 13.1. The van der Waals surface area contributed by atoms with Crippen LogP contribution in [0.2, 0.25) is 0 Å². The number of aromatic amines is 1. The third kappa shape index (κ3) is 4.82. The summed E-state index contributed by atoms with van der Waals surface area (Å²) in [5.41, 5.74) is 4.17. The smallest absolute Gasteiger partial charge is 0.255 e. The number of hydrazone groups is 1. The summed E-state index contributed by atoms with van der Waals surface area (Å²) in [6.07, 6.45) is 2.71. The maximum atomic E-state index is 12.0. The number of para-hydroxylation sites is 1. The number of nitrogens with zero attached hydrogens (tertiary/aromatic N) is 2. The molecule has 0 aliphatic heterocycles. The Morgan fingerprint density at radius 2 is 2.23 bits per heavy atom. The molecule has 0 unspecified atom stereocenters. The second kappa shape index (κ2) is 9.57. The van der Waals surface area contributed by atoms with E-state index in [2.05, 4.69) is 20.5 Å². The molecule has 1 heterocycles. The standard InChI is InChI=1S/C18H24N4O4/c1-4-10-26-16-13(6-5-7-15(16)25-3)11-19-22-18-20-12(2)14(8-9-23)17(24)21-18/h5-7,11,23H,4,8-10H2,1-3H3,(H2,20,21,22,24)/b19-11-. The summed E-state index contributed by atoms with van der Waals surface area (Å²) >= 11 is 0. The predicted molar refractivity (Wildman–Crippen MR) is 100 cm³/mol. The largest absolute Gasteiger partial charge is 0.493 e. The Kier molecular flexibility index (Phi) is 7.16. The lowest BCUT2D eigenvalue weighted by molar-refractivity contribution is 0.294. The van der Waals surface area contributed by atoms with Crippen LogP contribution in [-0.2, 0) is 6.42 Å². The molecule has 1 aromatic heterocycles. The van der Waals surface area contributed by atoms with Crippen molar-refractivity contribution in [3.05, 3.63) is 45.4 Å². The first-order valence-electron chi connectivity index (χ1n) is 8.40. The number of aliphatic hydroxyl groups excluding tert-OH is 1. The lowest BCUT2D eigenvalue weighted by atomic mass is 10.2. The van der Waals surface area contributed by atoms with Gasteiger partial charge in [-0.1, -0.05) is 13.0 Å². The molecule has 2 rings (SSSR count). The van der Waals surface area contributed by atoms with Gasteiger partial charge in [-0.3, -0.25) is 9.78 Å². The SMILES string of the molecule is CCCOc1c(/C=N\Nc2nc(C)c(CCO)c(=O)[nH]2)cccc1OC. The molecule has 0 aliphatic rings. The van der Waals surface area contributed by atoms with Crippen LogP contribution in [0.4, 0.5) is 5.95 Å². The van der Waals surface area contributed by atoms with Gasteiger partial charge < -0.3 is 14.6 Å². The van der Waals surface area contributed by atoms with Gasteiger partial charge in [-0.05, 0) is 25.5 Å². The molecular weight excluding hydrogens is 336 g/mol. The summed E-state index contributed by atoms with van der Waals surface area (Å²) in [4.78, 5) is 18.8. The molecule has 140 valence electrons. The number of hydrogen-bond acceptors (Lipinski definition) is 7. The molecule has 0 fully saturated rings. The van der Waals surface area contributed by atoms with E-state index < -0.39 is 0 Å². The topological polar surface area (TPSA) is 109 Å². The van der Waals surface area contributed by atoms with Crippen molar-refractivity contribution in [2.75, 3.05) is 25.7 Å². The van der Waals surface area contributed by atoms with Gasteiger partial charge in [-0.25, -0.2) is 10.4 Å². The lowest BCUT2D eigenvalue weighted by Crippen LogP contribution is -2.19. The van der Waals surface area contributed by atoms with Crippen molar-refractivity contribution in [1.82, 2.24) is 9.97 Å². The van der Waals surface area contributed by atoms with Gasteiger partial charge in [0, 0.05) is 24.2 Å². The Bertz CT molecular complexity index is 817. The Morgan fingerprint density at radius 3 is 2.88 bits per heavy atom. The van der Waals surface area contributed by atoms with Gasteiger partial charge >= 0.3 is 0 Å². The average Bonchev–Trinajstić information content (AvgIpc) is 2.63. The molecule has 0 saturated heterocycles. The van der Waals surface area contributed by atoms with Crippen LogP contribution in [0, 0.1) is 6.92 Å². The summed E-state index contributed by atoms with van der Waals surface area (Å²) in [6.45, 7) is 4.20. The molecular formula is C18H24N4O4. The molecule has 0 atom stereocenters. The van der Waals surface area contributed by atoms with E-state index in [-0.39, 0.29) is 24.5 Å². The third-order valence-electron chi connectivity index (χ3n) is 3.64. The lowest BCUT2D eigenvalue weighted by Gasteiger charge is -2.12. The van der Waals surface area contributed by atoms with Gasteiger partial charge in [0.05, 0.1) is 25.6 Å². The van der Waals surface area contributed by atoms with Gasteiger partial charge in [-0.2, -0.15) is 5.10 Å². The molecule has 0 spiro atoms. The number of hydrogen-bond donors (Lipinski definition) is 3. The number of aryl methyl sites for hydroxylation is 1. The van der Waals surface area contributed by atoms with Crippen molar-refractivity contribution >= 4 is 12.2 Å². The third-order valence-corrected chi connectivity index (χ3v) is 3.64. The van der Waals surface area contributed by atoms with Crippen LogP contribution >= 0.6 is 0 Å². The van der Waals surface area contributed by atoms with Crippen molar-refractivity contribution < 1.29 is 14.6 Å². The van der Waals surface area contributed by atoms with E-state index in [1.165, 1.54) is 0 Å². The van der Waals surface area contributed by atoms with Crippen LogP contribution in [0.3, 0.4) is 0 Å². The van der Waals surface area contributed by atoms with E-state index in [0.717, 1.165) is 12.0 Å². The van der Waals surface area contributed by atoms with Crippen molar-refractivity contribution in [3.8, 4) is 11.5 Å².